The van der Waals surface area contributed by atoms with Gasteiger partial charge in [-0.3, -0.25) is 10.1 Å². The van der Waals surface area contributed by atoms with Crippen LogP contribution >= 0.6 is 11.3 Å². The molecule has 0 radical (unpaired) electrons. The van der Waals surface area contributed by atoms with E-state index in [1.807, 2.05) is 31.5 Å². The molecule has 1 aromatic heterocycles. The molecule has 1 saturated heterocycles. The zero-order valence-corrected chi connectivity index (χ0v) is 17.5. The monoisotopic (exact) mass is 424 g/mol. The van der Waals surface area contributed by atoms with Gasteiger partial charge in [-0.15, -0.1) is 11.3 Å². The van der Waals surface area contributed by atoms with Crippen molar-refractivity contribution in [2.24, 2.45) is 0 Å². The Kier molecular flexibility index (Phi) is 6.33. The predicted octanol–water partition coefficient (Wildman–Crippen LogP) is 3.16. The van der Waals surface area contributed by atoms with Gasteiger partial charge in [0.15, 0.2) is 0 Å². The van der Waals surface area contributed by atoms with Gasteiger partial charge >= 0.3 is 0 Å². The second-order valence-corrected chi connectivity index (χ2v) is 9.68. The van der Waals surface area contributed by atoms with Crippen LogP contribution in [0.1, 0.15) is 24.3 Å². The second-order valence-electron chi connectivity index (χ2n) is 6.76. The third-order valence-corrected chi connectivity index (χ3v) is 7.77. The van der Waals surface area contributed by atoms with Crippen molar-refractivity contribution in [1.82, 2.24) is 9.21 Å². The lowest BCUT2D eigenvalue weighted by molar-refractivity contribution is -0.384. The number of hydrogen-bond donors (Lipinski definition) is 1. The Morgan fingerprint density at radius 2 is 1.96 bits per heavy atom. The molecule has 28 heavy (non-hydrogen) atoms. The number of nitrogens with zero attached hydrogens (tertiary/aromatic N) is 3. The van der Waals surface area contributed by atoms with Crippen molar-refractivity contribution in [1.29, 1.82) is 0 Å². The number of nitro groups is 1. The zero-order valence-electron chi connectivity index (χ0n) is 15.9. The molecule has 0 saturated carbocycles. The summed E-state index contributed by atoms with van der Waals surface area (Å²) in [5.41, 5.74) is 0.0905. The number of thiophene rings is 1. The van der Waals surface area contributed by atoms with Gasteiger partial charge in [-0.05, 0) is 37.0 Å². The molecule has 1 fully saturated rings. The molecule has 1 N–H and O–H groups in total. The molecule has 1 unspecified atom stereocenters. The summed E-state index contributed by atoms with van der Waals surface area (Å²) < 4.78 is 27.2. The van der Waals surface area contributed by atoms with Crippen molar-refractivity contribution >= 4 is 32.7 Å². The number of likely N-dealkylation sites (N-methyl/N-ethyl adjacent to an activating group) is 1. The van der Waals surface area contributed by atoms with E-state index in [1.54, 1.807) is 11.3 Å². The zero-order chi connectivity index (χ0) is 20.3. The van der Waals surface area contributed by atoms with Crippen LogP contribution in [0.4, 0.5) is 11.4 Å². The highest BCUT2D eigenvalue weighted by Gasteiger charge is 2.30. The molecule has 0 bridgehead atoms. The summed E-state index contributed by atoms with van der Waals surface area (Å²) in [4.78, 5) is 14.2. The van der Waals surface area contributed by atoms with Gasteiger partial charge in [-0.1, -0.05) is 13.0 Å². The summed E-state index contributed by atoms with van der Waals surface area (Å²) >= 11 is 1.58. The van der Waals surface area contributed by atoms with Gasteiger partial charge in [0.05, 0.1) is 15.9 Å². The summed E-state index contributed by atoms with van der Waals surface area (Å²) in [6.07, 6.45) is 0.749. The average molecular weight is 425 g/mol. The van der Waals surface area contributed by atoms with Crippen molar-refractivity contribution in [2.45, 2.75) is 24.3 Å². The van der Waals surface area contributed by atoms with E-state index >= 15 is 0 Å². The van der Waals surface area contributed by atoms with Gasteiger partial charge in [-0.25, -0.2) is 8.42 Å². The highest BCUT2D eigenvalue weighted by Crippen LogP contribution is 2.33. The fourth-order valence-corrected chi connectivity index (χ4v) is 5.48. The molecule has 2 heterocycles. The highest BCUT2D eigenvalue weighted by molar-refractivity contribution is 7.89. The molecule has 0 aliphatic carbocycles. The molecule has 8 nitrogen and oxygen atoms in total. The molecule has 1 aromatic carbocycles. The van der Waals surface area contributed by atoms with Crippen LogP contribution in [0.5, 0.6) is 0 Å². The topological polar surface area (TPSA) is 95.8 Å². The van der Waals surface area contributed by atoms with Crippen LogP contribution in [0.2, 0.25) is 0 Å². The number of nitrogens with one attached hydrogen (secondary N) is 1. The fraction of sp³-hybridized carbons (Fsp3) is 0.444. The van der Waals surface area contributed by atoms with Crippen molar-refractivity contribution in [2.75, 3.05) is 38.5 Å². The first-order valence-corrected chi connectivity index (χ1v) is 11.4. The van der Waals surface area contributed by atoms with E-state index < -0.39 is 14.9 Å². The Labute approximate surface area is 169 Å². The quantitative estimate of drug-likeness (QED) is 0.542. The molecule has 3 rings (SSSR count). The van der Waals surface area contributed by atoms with Gasteiger partial charge in [0.25, 0.3) is 5.69 Å². The minimum atomic E-state index is -3.76. The molecule has 1 aliphatic rings. The number of nitro benzene ring substituents is 1. The van der Waals surface area contributed by atoms with Crippen LogP contribution in [0.3, 0.4) is 0 Å². The van der Waals surface area contributed by atoms with Gasteiger partial charge in [0, 0.05) is 37.1 Å². The minimum Gasteiger partial charge on any atom is -0.372 e. The summed E-state index contributed by atoms with van der Waals surface area (Å²) in [5, 5.41) is 16.8. The maximum atomic E-state index is 12.9. The van der Waals surface area contributed by atoms with Crippen LogP contribution < -0.4 is 5.32 Å². The third kappa shape index (κ3) is 4.35. The number of hydrogen-bond acceptors (Lipinski definition) is 7. The number of anilines is 1. The highest BCUT2D eigenvalue weighted by atomic mass is 32.2. The smallest absolute Gasteiger partial charge is 0.293 e. The van der Waals surface area contributed by atoms with Gasteiger partial charge < -0.3 is 10.2 Å². The van der Waals surface area contributed by atoms with Crippen LogP contribution in [-0.2, 0) is 10.0 Å². The Balaban J connectivity index is 1.90. The molecule has 0 spiro atoms. The predicted molar refractivity (Wildman–Crippen MR) is 110 cm³/mol. The molecule has 152 valence electrons. The van der Waals surface area contributed by atoms with E-state index in [0.29, 0.717) is 31.9 Å². The van der Waals surface area contributed by atoms with Crippen molar-refractivity contribution < 1.29 is 13.3 Å². The van der Waals surface area contributed by atoms with E-state index in [4.69, 9.17) is 0 Å². The van der Waals surface area contributed by atoms with Crippen molar-refractivity contribution in [3.8, 4) is 0 Å². The summed E-state index contributed by atoms with van der Waals surface area (Å²) in [7, 11) is -1.82. The Morgan fingerprint density at radius 3 is 2.54 bits per heavy atom. The normalized spacial score (nSPS) is 17.4. The summed E-state index contributed by atoms with van der Waals surface area (Å²) in [6, 6.07) is 7.95. The minimum absolute atomic E-state index is 0.0431. The second kappa shape index (κ2) is 8.56. The van der Waals surface area contributed by atoms with Gasteiger partial charge in [0.1, 0.15) is 5.69 Å². The van der Waals surface area contributed by atoms with Crippen LogP contribution in [0, 0.1) is 10.1 Å². The molecule has 0 amide bonds. The molecular weight excluding hydrogens is 400 g/mol. The van der Waals surface area contributed by atoms with E-state index in [1.165, 1.54) is 16.4 Å². The van der Waals surface area contributed by atoms with E-state index in [-0.39, 0.29) is 16.6 Å². The lowest BCUT2D eigenvalue weighted by atomic mass is 10.1. The lowest BCUT2D eigenvalue weighted by Crippen LogP contribution is -2.47. The Bertz CT molecular complexity index is 923. The fourth-order valence-electron chi connectivity index (χ4n) is 3.17. The summed E-state index contributed by atoms with van der Waals surface area (Å²) in [5.74, 6) is 0. The number of benzene rings is 1. The van der Waals surface area contributed by atoms with E-state index in [2.05, 4.69) is 10.2 Å². The standard InChI is InChI=1S/C18H24N4O4S2/c1-3-15(18-5-4-12-27-18)19-16-7-6-14(13-17(16)22(23)24)28(25,26)21-10-8-20(2)9-11-21/h4-7,12-13,15,19H,3,8-11H2,1-2H3. The van der Waals surface area contributed by atoms with Crippen LogP contribution in [-0.4, -0.2) is 55.8 Å². The first-order chi connectivity index (χ1) is 13.3. The molecule has 10 heteroatoms. The largest absolute Gasteiger partial charge is 0.372 e. The Hall–Kier alpha value is -2.01. The lowest BCUT2D eigenvalue weighted by Gasteiger charge is -2.31. The van der Waals surface area contributed by atoms with Crippen molar-refractivity contribution in [3.63, 3.8) is 0 Å². The first-order valence-electron chi connectivity index (χ1n) is 9.10. The Morgan fingerprint density at radius 1 is 1.25 bits per heavy atom. The number of sulfonamides is 1. The van der Waals surface area contributed by atoms with E-state index in [0.717, 1.165) is 17.4 Å². The maximum absolute atomic E-state index is 12.9. The molecular formula is C18H24N4O4S2. The van der Waals surface area contributed by atoms with Crippen LogP contribution in [0.25, 0.3) is 0 Å². The maximum Gasteiger partial charge on any atom is 0.293 e. The SMILES string of the molecule is CCC(Nc1ccc(S(=O)(=O)N2CCN(C)CC2)cc1[N+](=O)[O-])c1cccs1. The first kappa shape index (κ1) is 20.7. The average Bonchev–Trinajstić information content (AvgIpc) is 3.20. The number of rotatable bonds is 7. The molecule has 2 aromatic rings. The van der Waals surface area contributed by atoms with E-state index in [9.17, 15) is 18.5 Å². The van der Waals surface area contributed by atoms with Gasteiger partial charge in [0.2, 0.25) is 10.0 Å². The van der Waals surface area contributed by atoms with Crippen LogP contribution in [0.15, 0.2) is 40.6 Å². The summed E-state index contributed by atoms with van der Waals surface area (Å²) in [6.45, 7) is 4.03. The molecule has 1 atom stereocenters. The molecule has 1 aliphatic heterocycles. The number of piperazine rings is 1. The van der Waals surface area contributed by atoms with Gasteiger partial charge in [-0.2, -0.15) is 4.31 Å². The third-order valence-electron chi connectivity index (χ3n) is 4.89. The van der Waals surface area contributed by atoms with Crippen molar-refractivity contribution in [3.05, 3.63) is 50.7 Å².